The quantitative estimate of drug-likeness (QED) is 0.313. The molecule has 3 aliphatic carbocycles. The highest BCUT2D eigenvalue weighted by atomic mass is 19.1. The first kappa shape index (κ1) is 26.5. The number of phenolic OH excluding ortho intramolecular Hbond substituents is 1. The van der Waals surface area contributed by atoms with Gasteiger partial charge >= 0.3 is 0 Å². The summed E-state index contributed by atoms with van der Waals surface area (Å²) in [7, 11) is 4.18. The van der Waals surface area contributed by atoms with Gasteiger partial charge in [-0.25, -0.2) is 4.39 Å². The molecule has 0 saturated carbocycles. The molecule has 10 nitrogen and oxygen atoms in total. The largest absolute Gasteiger partial charge is 0.510 e. The SMILES string of the molecule is CNC(=O)C1=C(O)[C@@H](N(C)C)[C@@H]2[C@@H](O)[C@H]3C(=C(O)[C@]2(O)C1=O)C(=O)c1c(O)cccc1[C@H]3c1ccc(F)cc1. The van der Waals surface area contributed by atoms with Crippen molar-refractivity contribution in [2.75, 3.05) is 21.1 Å². The summed E-state index contributed by atoms with van der Waals surface area (Å²) in [6.07, 6.45) is -1.75. The van der Waals surface area contributed by atoms with Crippen molar-refractivity contribution >= 4 is 17.5 Å². The van der Waals surface area contributed by atoms with E-state index < -0.39 is 87.2 Å². The number of carbonyl (C=O) groups excluding carboxylic acids is 3. The number of nitrogens with zero attached hydrogens (tertiary/aromatic N) is 1. The smallest absolute Gasteiger partial charge is 0.258 e. The van der Waals surface area contributed by atoms with Crippen molar-refractivity contribution in [2.24, 2.45) is 11.8 Å². The van der Waals surface area contributed by atoms with Gasteiger partial charge in [0, 0.05) is 24.5 Å². The summed E-state index contributed by atoms with van der Waals surface area (Å²) in [5.41, 5.74) is -3.82. The molecule has 0 aromatic heterocycles. The van der Waals surface area contributed by atoms with Gasteiger partial charge in [0.15, 0.2) is 11.4 Å². The molecule has 0 radical (unpaired) electrons. The molecule has 3 aliphatic rings. The predicted molar refractivity (Wildman–Crippen MR) is 134 cm³/mol. The van der Waals surface area contributed by atoms with E-state index in [1.54, 1.807) is 6.07 Å². The van der Waals surface area contributed by atoms with Gasteiger partial charge in [-0.3, -0.25) is 19.3 Å². The Hall–Kier alpha value is -4.06. The van der Waals surface area contributed by atoms with Crippen molar-refractivity contribution < 1.29 is 44.3 Å². The van der Waals surface area contributed by atoms with E-state index in [9.17, 15) is 44.3 Å². The molecule has 1 amide bonds. The van der Waals surface area contributed by atoms with Gasteiger partial charge in [-0.05, 0) is 43.4 Å². The standard InChI is InChI=1S/C28H27FN2O8/c1-30-27(38)19-24(35)21(31(2)3)20-23(34)17-15(11-7-9-12(29)10-8-11)13-5-4-6-14(32)16(13)22(33)18(17)25(36)28(20,39)26(19)37/h4-10,15,17,20-21,23,32,34-36,39H,1-3H3,(H,30,38)/t15-,17-,20-,21+,23+,28+/m1/s1. The third kappa shape index (κ3) is 3.47. The molecule has 6 N–H and O–H groups in total. The number of aliphatic hydroxyl groups is 4. The molecule has 0 bridgehead atoms. The summed E-state index contributed by atoms with van der Waals surface area (Å²) in [6.45, 7) is 0. The van der Waals surface area contributed by atoms with Crippen LogP contribution in [0.3, 0.4) is 0 Å². The lowest BCUT2D eigenvalue weighted by molar-refractivity contribution is -0.162. The molecule has 2 aromatic rings. The first-order chi connectivity index (χ1) is 18.4. The number of rotatable bonds is 3. The Bertz CT molecular complexity index is 1480. The highest BCUT2D eigenvalue weighted by Crippen LogP contribution is 2.56. The van der Waals surface area contributed by atoms with Crippen LogP contribution in [-0.2, 0) is 9.59 Å². The highest BCUT2D eigenvalue weighted by molar-refractivity contribution is 6.25. The number of fused-ring (bicyclic) bond motifs is 3. The van der Waals surface area contributed by atoms with Crippen LogP contribution in [0.5, 0.6) is 5.75 Å². The molecular weight excluding hydrogens is 511 g/mol. The Labute approximate surface area is 222 Å². The van der Waals surface area contributed by atoms with Gasteiger partial charge in [0.2, 0.25) is 5.78 Å². The third-order valence-corrected chi connectivity index (χ3v) is 8.10. The zero-order valence-electron chi connectivity index (χ0n) is 21.2. The number of carbonyl (C=O) groups is 3. The Kier molecular flexibility index (Phi) is 6.13. The van der Waals surface area contributed by atoms with E-state index in [1.807, 2.05) is 0 Å². The number of ketones is 2. The van der Waals surface area contributed by atoms with Crippen LogP contribution >= 0.6 is 0 Å². The van der Waals surface area contributed by atoms with Gasteiger partial charge < -0.3 is 30.8 Å². The zero-order chi connectivity index (χ0) is 28.5. The zero-order valence-corrected chi connectivity index (χ0v) is 21.2. The maximum absolute atomic E-state index is 13.8. The lowest BCUT2D eigenvalue weighted by Crippen LogP contribution is -2.68. The second-order valence-corrected chi connectivity index (χ2v) is 10.2. The lowest BCUT2D eigenvalue weighted by atomic mass is 9.54. The number of hydrogen-bond donors (Lipinski definition) is 6. The predicted octanol–water partition coefficient (Wildman–Crippen LogP) is 1.08. The molecule has 11 heteroatoms. The number of halogens is 1. The van der Waals surface area contributed by atoms with Gasteiger partial charge in [0.25, 0.3) is 5.91 Å². The van der Waals surface area contributed by atoms with E-state index in [0.717, 1.165) is 0 Å². The van der Waals surface area contributed by atoms with Crippen molar-refractivity contribution in [3.05, 3.63) is 87.6 Å². The van der Waals surface area contributed by atoms with Crippen molar-refractivity contribution in [1.82, 2.24) is 10.2 Å². The molecular formula is C28H27FN2O8. The molecule has 6 atom stereocenters. The normalized spacial score (nSPS) is 30.2. The lowest BCUT2D eigenvalue weighted by Gasteiger charge is -2.54. The number of hydrogen-bond acceptors (Lipinski definition) is 9. The number of amides is 1. The molecule has 5 rings (SSSR count). The fourth-order valence-corrected chi connectivity index (χ4v) is 6.44. The summed E-state index contributed by atoms with van der Waals surface area (Å²) in [4.78, 5) is 41.4. The van der Waals surface area contributed by atoms with E-state index in [-0.39, 0.29) is 11.1 Å². The van der Waals surface area contributed by atoms with Crippen LogP contribution in [0.1, 0.15) is 27.4 Å². The summed E-state index contributed by atoms with van der Waals surface area (Å²) in [6, 6.07) is 8.19. The number of phenols is 1. The molecule has 0 aliphatic heterocycles. The van der Waals surface area contributed by atoms with Crippen molar-refractivity contribution in [3.63, 3.8) is 0 Å². The number of aliphatic hydroxyl groups excluding tert-OH is 3. The molecule has 2 aromatic carbocycles. The van der Waals surface area contributed by atoms with Crippen LogP contribution in [0, 0.1) is 17.7 Å². The van der Waals surface area contributed by atoms with Crippen LogP contribution < -0.4 is 5.32 Å². The summed E-state index contributed by atoms with van der Waals surface area (Å²) in [5.74, 6) is -9.97. The van der Waals surface area contributed by atoms with Gasteiger partial charge in [-0.15, -0.1) is 0 Å². The Morgan fingerprint density at radius 1 is 1.05 bits per heavy atom. The topological polar surface area (TPSA) is 168 Å². The van der Waals surface area contributed by atoms with E-state index in [1.165, 1.54) is 62.4 Å². The van der Waals surface area contributed by atoms with E-state index >= 15 is 0 Å². The van der Waals surface area contributed by atoms with Crippen molar-refractivity contribution in [1.29, 1.82) is 0 Å². The van der Waals surface area contributed by atoms with Crippen LogP contribution in [0.4, 0.5) is 4.39 Å². The van der Waals surface area contributed by atoms with Crippen LogP contribution in [0.25, 0.3) is 0 Å². The van der Waals surface area contributed by atoms with Gasteiger partial charge in [-0.2, -0.15) is 0 Å². The number of benzene rings is 2. The van der Waals surface area contributed by atoms with E-state index in [0.29, 0.717) is 5.56 Å². The minimum absolute atomic E-state index is 0.212. The Balaban J connectivity index is 1.86. The molecule has 204 valence electrons. The molecule has 0 saturated heterocycles. The Morgan fingerprint density at radius 2 is 1.69 bits per heavy atom. The average Bonchev–Trinajstić information content (AvgIpc) is 2.89. The second kappa shape index (κ2) is 9.01. The summed E-state index contributed by atoms with van der Waals surface area (Å²) in [5, 5.41) is 59.3. The maximum atomic E-state index is 13.8. The van der Waals surface area contributed by atoms with Crippen LogP contribution in [0.15, 0.2) is 65.1 Å². The van der Waals surface area contributed by atoms with Crippen molar-refractivity contribution in [3.8, 4) is 5.75 Å². The summed E-state index contributed by atoms with van der Waals surface area (Å²) >= 11 is 0. The molecule has 0 heterocycles. The molecule has 0 unspecified atom stereocenters. The van der Waals surface area contributed by atoms with Gasteiger partial charge in [0.05, 0.1) is 23.6 Å². The van der Waals surface area contributed by atoms with E-state index in [2.05, 4.69) is 5.32 Å². The Morgan fingerprint density at radius 3 is 2.28 bits per heavy atom. The van der Waals surface area contributed by atoms with Crippen molar-refractivity contribution in [2.45, 2.75) is 23.7 Å². The van der Waals surface area contributed by atoms with Crippen LogP contribution in [-0.4, -0.2) is 86.8 Å². The molecule has 39 heavy (non-hydrogen) atoms. The maximum Gasteiger partial charge on any atom is 0.258 e. The summed E-state index contributed by atoms with van der Waals surface area (Å²) < 4.78 is 13.8. The van der Waals surface area contributed by atoms with Crippen LogP contribution in [0.2, 0.25) is 0 Å². The van der Waals surface area contributed by atoms with E-state index in [4.69, 9.17) is 0 Å². The molecule has 0 fully saturated rings. The minimum Gasteiger partial charge on any atom is -0.510 e. The minimum atomic E-state index is -2.97. The number of nitrogens with one attached hydrogen (secondary N) is 1. The highest BCUT2D eigenvalue weighted by Gasteiger charge is 2.67. The monoisotopic (exact) mass is 538 g/mol. The third-order valence-electron chi connectivity index (χ3n) is 8.10. The first-order valence-electron chi connectivity index (χ1n) is 12.2. The first-order valence-corrected chi connectivity index (χ1v) is 12.2. The number of aromatic hydroxyl groups is 1. The fraction of sp³-hybridized carbons (Fsp3) is 0.321. The average molecular weight is 539 g/mol. The number of Topliss-reactive ketones (excluding diaryl/α,β-unsaturated/α-hetero) is 2. The van der Waals surface area contributed by atoms with Gasteiger partial charge in [-0.1, -0.05) is 24.3 Å². The second-order valence-electron chi connectivity index (χ2n) is 10.2. The number of likely N-dealkylation sites (N-methyl/N-ethyl adjacent to an activating group) is 2. The van der Waals surface area contributed by atoms with Gasteiger partial charge in [0.1, 0.15) is 28.7 Å². The fourth-order valence-electron chi connectivity index (χ4n) is 6.44. The molecule has 0 spiro atoms.